The van der Waals surface area contributed by atoms with E-state index in [0.29, 0.717) is 18.2 Å². The molecule has 1 heterocycles. The Balaban J connectivity index is 1.97. The van der Waals surface area contributed by atoms with Gasteiger partial charge >= 0.3 is 5.97 Å². The van der Waals surface area contributed by atoms with E-state index < -0.39 is 0 Å². The molecule has 0 aliphatic carbocycles. The molecule has 1 aliphatic rings. The molecular formula is C15H22N2O2. The summed E-state index contributed by atoms with van der Waals surface area (Å²) < 4.78 is 5.07. The molecule has 1 atom stereocenters. The molecule has 1 saturated heterocycles. The van der Waals surface area contributed by atoms with E-state index in [1.165, 1.54) is 19.3 Å². The minimum Gasteiger partial charge on any atom is -0.462 e. The maximum absolute atomic E-state index is 11.8. The lowest BCUT2D eigenvalue weighted by molar-refractivity contribution is 0.0527. The third-order valence-corrected chi connectivity index (χ3v) is 3.37. The highest BCUT2D eigenvalue weighted by Gasteiger charge is 2.15. The molecule has 104 valence electrons. The molecule has 1 aliphatic heterocycles. The van der Waals surface area contributed by atoms with Gasteiger partial charge in [0.25, 0.3) is 0 Å². The fourth-order valence-corrected chi connectivity index (χ4v) is 2.36. The number of carbonyl (C=O) groups is 1. The summed E-state index contributed by atoms with van der Waals surface area (Å²) in [5.41, 5.74) is 1.47. The molecule has 0 bridgehead atoms. The smallest absolute Gasteiger partial charge is 0.340 e. The zero-order chi connectivity index (χ0) is 13.5. The Hall–Kier alpha value is -1.55. The van der Waals surface area contributed by atoms with Gasteiger partial charge in [-0.15, -0.1) is 0 Å². The molecule has 1 aromatic carbocycles. The third-order valence-electron chi connectivity index (χ3n) is 3.37. The van der Waals surface area contributed by atoms with Crippen LogP contribution < -0.4 is 10.6 Å². The van der Waals surface area contributed by atoms with Gasteiger partial charge in [-0.25, -0.2) is 4.79 Å². The summed E-state index contributed by atoms with van der Waals surface area (Å²) in [7, 11) is 0. The van der Waals surface area contributed by atoms with Gasteiger partial charge in [-0.05, 0) is 38.4 Å². The van der Waals surface area contributed by atoms with E-state index in [2.05, 4.69) is 10.6 Å². The number of rotatable bonds is 5. The van der Waals surface area contributed by atoms with Crippen LogP contribution in [0.4, 0.5) is 5.69 Å². The Labute approximate surface area is 114 Å². The molecule has 2 N–H and O–H groups in total. The van der Waals surface area contributed by atoms with Crippen LogP contribution >= 0.6 is 0 Å². The van der Waals surface area contributed by atoms with Gasteiger partial charge in [-0.2, -0.15) is 0 Å². The molecule has 1 aromatic rings. The van der Waals surface area contributed by atoms with Crippen LogP contribution in [0.25, 0.3) is 0 Å². The second-order valence-corrected chi connectivity index (χ2v) is 4.79. The normalized spacial score (nSPS) is 18.9. The zero-order valence-electron chi connectivity index (χ0n) is 11.4. The topological polar surface area (TPSA) is 50.4 Å². The first kappa shape index (κ1) is 13.9. The average molecular weight is 262 g/mol. The number of benzene rings is 1. The number of piperidine rings is 1. The van der Waals surface area contributed by atoms with Crippen molar-refractivity contribution in [1.82, 2.24) is 5.32 Å². The Bertz CT molecular complexity index is 414. The monoisotopic (exact) mass is 262 g/mol. The SMILES string of the molecule is CCOC(=O)c1ccccc1NCC1CCCCN1. The number of hydrogen-bond donors (Lipinski definition) is 2. The summed E-state index contributed by atoms with van der Waals surface area (Å²) in [4.78, 5) is 11.8. The van der Waals surface area contributed by atoms with Crippen molar-refractivity contribution in [3.8, 4) is 0 Å². The minimum absolute atomic E-state index is 0.262. The van der Waals surface area contributed by atoms with Crippen LogP contribution in [0.2, 0.25) is 0 Å². The van der Waals surface area contributed by atoms with Crippen molar-refractivity contribution in [2.45, 2.75) is 32.2 Å². The van der Waals surface area contributed by atoms with Gasteiger partial charge in [-0.3, -0.25) is 0 Å². The molecule has 19 heavy (non-hydrogen) atoms. The Morgan fingerprint density at radius 1 is 1.42 bits per heavy atom. The summed E-state index contributed by atoms with van der Waals surface area (Å²) >= 11 is 0. The number of carbonyl (C=O) groups excluding carboxylic acids is 1. The van der Waals surface area contributed by atoms with Gasteiger partial charge in [0.2, 0.25) is 0 Å². The van der Waals surface area contributed by atoms with Crippen LogP contribution in [-0.4, -0.2) is 31.7 Å². The predicted octanol–water partition coefficient (Wildman–Crippen LogP) is 2.42. The second kappa shape index (κ2) is 7.14. The van der Waals surface area contributed by atoms with Crippen molar-refractivity contribution in [2.75, 3.05) is 25.0 Å². The lowest BCUT2D eigenvalue weighted by atomic mass is 10.0. The van der Waals surface area contributed by atoms with Gasteiger partial charge in [0.15, 0.2) is 0 Å². The number of ether oxygens (including phenoxy) is 1. The maximum Gasteiger partial charge on any atom is 0.340 e. The van der Waals surface area contributed by atoms with Crippen molar-refractivity contribution in [3.63, 3.8) is 0 Å². The quantitative estimate of drug-likeness (QED) is 0.800. The van der Waals surface area contributed by atoms with E-state index in [1.807, 2.05) is 25.1 Å². The standard InChI is InChI=1S/C15H22N2O2/c1-2-19-15(18)13-8-3-4-9-14(13)17-11-12-7-5-6-10-16-12/h3-4,8-9,12,16-17H,2,5-7,10-11H2,1H3. The van der Waals surface area contributed by atoms with Crippen molar-refractivity contribution >= 4 is 11.7 Å². The molecule has 0 spiro atoms. The molecule has 0 amide bonds. The highest BCUT2D eigenvalue weighted by atomic mass is 16.5. The van der Waals surface area contributed by atoms with Crippen LogP contribution in [0, 0.1) is 0 Å². The fraction of sp³-hybridized carbons (Fsp3) is 0.533. The molecule has 0 aromatic heterocycles. The minimum atomic E-state index is -0.262. The number of anilines is 1. The maximum atomic E-state index is 11.8. The van der Waals surface area contributed by atoms with Gasteiger partial charge < -0.3 is 15.4 Å². The van der Waals surface area contributed by atoms with Crippen molar-refractivity contribution in [3.05, 3.63) is 29.8 Å². The molecule has 2 rings (SSSR count). The number of para-hydroxylation sites is 1. The van der Waals surface area contributed by atoms with Crippen molar-refractivity contribution < 1.29 is 9.53 Å². The fourth-order valence-electron chi connectivity index (χ4n) is 2.36. The van der Waals surface area contributed by atoms with E-state index >= 15 is 0 Å². The van der Waals surface area contributed by atoms with Crippen LogP contribution in [0.3, 0.4) is 0 Å². The Morgan fingerprint density at radius 2 is 2.26 bits per heavy atom. The van der Waals surface area contributed by atoms with Gasteiger partial charge in [0.05, 0.1) is 12.2 Å². The van der Waals surface area contributed by atoms with Crippen LogP contribution in [-0.2, 0) is 4.74 Å². The zero-order valence-corrected chi connectivity index (χ0v) is 11.4. The summed E-state index contributed by atoms with van der Waals surface area (Å²) in [6.07, 6.45) is 3.73. The number of hydrogen-bond acceptors (Lipinski definition) is 4. The van der Waals surface area contributed by atoms with E-state index in [9.17, 15) is 4.79 Å². The van der Waals surface area contributed by atoms with Crippen LogP contribution in [0.1, 0.15) is 36.5 Å². The Kier molecular flexibility index (Phi) is 5.21. The van der Waals surface area contributed by atoms with E-state index in [4.69, 9.17) is 4.74 Å². The number of nitrogens with one attached hydrogen (secondary N) is 2. The molecule has 4 heteroatoms. The van der Waals surface area contributed by atoms with Crippen molar-refractivity contribution in [2.24, 2.45) is 0 Å². The van der Waals surface area contributed by atoms with Crippen LogP contribution in [0.5, 0.6) is 0 Å². The van der Waals surface area contributed by atoms with Gasteiger partial charge in [-0.1, -0.05) is 18.6 Å². The van der Waals surface area contributed by atoms with Gasteiger partial charge in [0.1, 0.15) is 0 Å². The largest absolute Gasteiger partial charge is 0.462 e. The first-order valence-corrected chi connectivity index (χ1v) is 7.04. The molecular weight excluding hydrogens is 240 g/mol. The summed E-state index contributed by atoms with van der Waals surface area (Å²) in [6, 6.07) is 8.00. The summed E-state index contributed by atoms with van der Waals surface area (Å²) in [6.45, 7) is 4.15. The molecule has 0 saturated carbocycles. The summed E-state index contributed by atoms with van der Waals surface area (Å²) in [5.74, 6) is -0.262. The van der Waals surface area contributed by atoms with Crippen molar-refractivity contribution in [1.29, 1.82) is 0 Å². The van der Waals surface area contributed by atoms with E-state index in [-0.39, 0.29) is 5.97 Å². The predicted molar refractivity (Wildman–Crippen MR) is 76.5 cm³/mol. The second-order valence-electron chi connectivity index (χ2n) is 4.79. The number of esters is 1. The average Bonchev–Trinajstić information content (AvgIpc) is 2.47. The summed E-state index contributed by atoms with van der Waals surface area (Å²) in [5, 5.41) is 6.84. The van der Waals surface area contributed by atoms with Crippen LogP contribution in [0.15, 0.2) is 24.3 Å². The Morgan fingerprint density at radius 3 is 3.00 bits per heavy atom. The molecule has 1 fully saturated rings. The molecule has 4 nitrogen and oxygen atoms in total. The highest BCUT2D eigenvalue weighted by Crippen LogP contribution is 2.17. The van der Waals surface area contributed by atoms with E-state index in [1.54, 1.807) is 6.07 Å². The highest BCUT2D eigenvalue weighted by molar-refractivity contribution is 5.95. The first-order valence-electron chi connectivity index (χ1n) is 7.04. The third kappa shape index (κ3) is 3.96. The lowest BCUT2D eigenvalue weighted by Gasteiger charge is -2.24. The first-order chi connectivity index (χ1) is 9.31. The lowest BCUT2D eigenvalue weighted by Crippen LogP contribution is -2.39. The molecule has 0 radical (unpaired) electrons. The molecule has 1 unspecified atom stereocenters. The van der Waals surface area contributed by atoms with Gasteiger partial charge in [0, 0.05) is 18.3 Å². The van der Waals surface area contributed by atoms with E-state index in [0.717, 1.165) is 18.8 Å².